The molecule has 8 nitrogen and oxygen atoms in total. The average molecular weight is 556 g/mol. The van der Waals surface area contributed by atoms with E-state index in [1.165, 1.54) is 29.4 Å². The second-order valence-corrected chi connectivity index (χ2v) is 9.51. The van der Waals surface area contributed by atoms with E-state index in [1.54, 1.807) is 6.08 Å². The van der Waals surface area contributed by atoms with Gasteiger partial charge in [-0.15, -0.1) is 0 Å². The molecule has 0 spiro atoms. The van der Waals surface area contributed by atoms with Crippen LogP contribution in [0.5, 0.6) is 0 Å². The van der Waals surface area contributed by atoms with Crippen molar-refractivity contribution in [1.29, 1.82) is 0 Å². The number of hydrogen-bond acceptors (Lipinski definition) is 8. The highest BCUT2D eigenvalue weighted by Gasteiger charge is 2.39. The first-order chi connectivity index (χ1) is 18.5. The maximum absolute atomic E-state index is 13.7. The summed E-state index contributed by atoms with van der Waals surface area (Å²) in [6, 6.07) is 4.28. The fourth-order valence-corrected chi connectivity index (χ4v) is 5.13. The Hall–Kier alpha value is -3.36. The molecule has 1 fully saturated rings. The minimum absolute atomic E-state index is 0.0478. The standard InChI is InChI=1S/C25H27F6N7O/c26-24(27,28)15-5-6-20(33-13-15)35-21-17-7-11-37(22-18(25(29,30)31)4-1-9-32-22)12-8-19(17)34-23(36-21)38-10-2-3-16(38)14-39/h1,4-6,8-9,12-13,16,21,23,34,36,39H,2-3,7,10-11,14H2,(H,33,35)/t16-,21?,23?/m0/s1. The molecule has 2 aromatic rings. The van der Waals surface area contributed by atoms with E-state index in [4.69, 9.17) is 0 Å². The summed E-state index contributed by atoms with van der Waals surface area (Å²) < 4.78 is 80.0. The first kappa shape index (κ1) is 27.2. The summed E-state index contributed by atoms with van der Waals surface area (Å²) in [6.07, 6.45) is -2.94. The molecule has 0 amide bonds. The van der Waals surface area contributed by atoms with Crippen LogP contribution in [-0.2, 0) is 12.4 Å². The number of nitrogens with zero attached hydrogens (tertiary/aromatic N) is 4. The minimum Gasteiger partial charge on any atom is -0.395 e. The van der Waals surface area contributed by atoms with Crippen LogP contribution in [-0.4, -0.2) is 58.2 Å². The number of hydrogen-bond donors (Lipinski definition) is 4. The predicted molar refractivity (Wildman–Crippen MR) is 131 cm³/mol. The molecular weight excluding hydrogens is 528 g/mol. The molecule has 210 valence electrons. The maximum Gasteiger partial charge on any atom is 0.419 e. The van der Waals surface area contributed by atoms with Crippen molar-refractivity contribution in [3.05, 3.63) is 71.3 Å². The number of aromatic nitrogens is 2. The lowest BCUT2D eigenvalue weighted by atomic mass is 10.0. The normalized spacial score (nSPS) is 24.4. The van der Waals surface area contributed by atoms with Crippen LogP contribution in [0.25, 0.3) is 0 Å². The van der Waals surface area contributed by atoms with Gasteiger partial charge in [-0.25, -0.2) is 9.97 Å². The van der Waals surface area contributed by atoms with Crippen molar-refractivity contribution in [3.8, 4) is 0 Å². The average Bonchev–Trinajstić information content (AvgIpc) is 3.27. The summed E-state index contributed by atoms with van der Waals surface area (Å²) in [5, 5.41) is 19.8. The number of allylic oxidation sites excluding steroid dienone is 1. The molecule has 3 aliphatic heterocycles. The van der Waals surface area contributed by atoms with Gasteiger partial charge in [0, 0.05) is 43.4 Å². The highest BCUT2D eigenvalue weighted by atomic mass is 19.4. The van der Waals surface area contributed by atoms with E-state index >= 15 is 0 Å². The zero-order chi connectivity index (χ0) is 27.8. The van der Waals surface area contributed by atoms with Gasteiger partial charge in [0.2, 0.25) is 0 Å². The van der Waals surface area contributed by atoms with Gasteiger partial charge in [0.15, 0.2) is 0 Å². The summed E-state index contributed by atoms with van der Waals surface area (Å²) in [7, 11) is 0. The van der Waals surface area contributed by atoms with E-state index in [2.05, 4.69) is 30.8 Å². The molecule has 5 heterocycles. The number of pyridine rings is 2. The Morgan fingerprint density at radius 1 is 1.05 bits per heavy atom. The molecule has 5 rings (SSSR count). The zero-order valence-corrected chi connectivity index (χ0v) is 20.6. The van der Waals surface area contributed by atoms with Crippen LogP contribution in [0.15, 0.2) is 60.2 Å². The predicted octanol–water partition coefficient (Wildman–Crippen LogP) is 3.86. The lowest BCUT2D eigenvalue weighted by molar-refractivity contribution is -0.138. The number of likely N-dealkylation sites (tertiary alicyclic amines) is 1. The van der Waals surface area contributed by atoms with E-state index in [9.17, 15) is 31.4 Å². The summed E-state index contributed by atoms with van der Waals surface area (Å²) in [4.78, 5) is 11.4. The molecule has 3 aliphatic rings. The van der Waals surface area contributed by atoms with Crippen LogP contribution >= 0.6 is 0 Å². The SMILES string of the molecule is OC[C@@H]1CCCN1C1NC2=C(CCN(c3ncccc3C(F)(F)F)C=C2)C(Nc2ccc(C(F)(F)F)cn2)N1. The number of aliphatic hydroxyl groups excluding tert-OH is 1. The van der Waals surface area contributed by atoms with E-state index in [0.29, 0.717) is 18.7 Å². The van der Waals surface area contributed by atoms with Crippen molar-refractivity contribution >= 4 is 11.6 Å². The van der Waals surface area contributed by atoms with Crippen LogP contribution in [0.2, 0.25) is 0 Å². The van der Waals surface area contributed by atoms with Crippen molar-refractivity contribution in [2.75, 3.05) is 29.9 Å². The number of halogens is 6. The Labute approximate surface area is 220 Å². The summed E-state index contributed by atoms with van der Waals surface area (Å²) in [5.41, 5.74) is -0.324. The Balaban J connectivity index is 1.44. The van der Waals surface area contributed by atoms with Crippen LogP contribution in [0.3, 0.4) is 0 Å². The number of aliphatic hydroxyl groups is 1. The molecule has 0 radical (unpaired) electrons. The Bertz CT molecular complexity index is 1230. The lowest BCUT2D eigenvalue weighted by Gasteiger charge is -2.42. The fourth-order valence-electron chi connectivity index (χ4n) is 5.13. The molecule has 1 saturated heterocycles. The molecule has 0 aromatic carbocycles. The second kappa shape index (κ2) is 10.7. The fraction of sp³-hybridized carbons (Fsp3) is 0.440. The molecule has 14 heteroatoms. The summed E-state index contributed by atoms with van der Waals surface area (Å²) in [5.74, 6) is -0.0262. The Morgan fingerprint density at radius 2 is 1.87 bits per heavy atom. The van der Waals surface area contributed by atoms with Gasteiger partial charge in [0.1, 0.15) is 24.1 Å². The van der Waals surface area contributed by atoms with Gasteiger partial charge in [-0.2, -0.15) is 26.3 Å². The number of rotatable bonds is 5. The molecule has 2 aromatic heterocycles. The van der Waals surface area contributed by atoms with Crippen LogP contribution in [0.1, 0.15) is 30.4 Å². The molecular formula is C25H27F6N7O. The number of anilines is 2. The third-order valence-electron chi connectivity index (χ3n) is 7.07. The molecule has 3 atom stereocenters. The molecule has 2 unspecified atom stereocenters. The highest BCUT2D eigenvalue weighted by molar-refractivity contribution is 5.53. The van der Waals surface area contributed by atoms with Gasteiger partial charge in [-0.1, -0.05) is 0 Å². The number of nitrogens with one attached hydrogen (secondary N) is 3. The third kappa shape index (κ3) is 5.82. The van der Waals surface area contributed by atoms with Crippen molar-refractivity contribution in [1.82, 2.24) is 25.5 Å². The monoisotopic (exact) mass is 555 g/mol. The lowest BCUT2D eigenvalue weighted by Crippen LogP contribution is -2.64. The Morgan fingerprint density at radius 3 is 2.56 bits per heavy atom. The smallest absolute Gasteiger partial charge is 0.395 e. The van der Waals surface area contributed by atoms with Crippen molar-refractivity contribution in [3.63, 3.8) is 0 Å². The van der Waals surface area contributed by atoms with Gasteiger partial charge in [0.25, 0.3) is 0 Å². The topological polar surface area (TPSA) is 88.6 Å². The molecule has 4 N–H and O–H groups in total. The molecule has 0 saturated carbocycles. The van der Waals surface area contributed by atoms with Crippen LogP contribution in [0.4, 0.5) is 38.0 Å². The van der Waals surface area contributed by atoms with Crippen LogP contribution in [0, 0.1) is 0 Å². The maximum atomic E-state index is 13.7. The van der Waals surface area contributed by atoms with E-state index in [1.807, 2.05) is 0 Å². The molecule has 39 heavy (non-hydrogen) atoms. The third-order valence-corrected chi connectivity index (χ3v) is 7.07. The van der Waals surface area contributed by atoms with Gasteiger partial charge < -0.3 is 20.6 Å². The molecule has 0 aliphatic carbocycles. The van der Waals surface area contributed by atoms with E-state index in [0.717, 1.165) is 36.7 Å². The van der Waals surface area contributed by atoms with Gasteiger partial charge in [-0.05, 0) is 55.2 Å². The largest absolute Gasteiger partial charge is 0.419 e. The van der Waals surface area contributed by atoms with Crippen molar-refractivity contribution < 1.29 is 31.4 Å². The van der Waals surface area contributed by atoms with E-state index in [-0.39, 0.29) is 30.8 Å². The zero-order valence-electron chi connectivity index (χ0n) is 20.6. The quantitative estimate of drug-likeness (QED) is 0.414. The summed E-state index contributed by atoms with van der Waals surface area (Å²) in [6.45, 7) is 0.821. The second-order valence-electron chi connectivity index (χ2n) is 9.51. The minimum atomic E-state index is -4.59. The first-order valence-corrected chi connectivity index (χ1v) is 12.4. The van der Waals surface area contributed by atoms with Crippen LogP contribution < -0.4 is 20.9 Å². The van der Waals surface area contributed by atoms with Gasteiger partial charge in [-0.3, -0.25) is 10.2 Å². The van der Waals surface area contributed by atoms with E-state index < -0.39 is 35.9 Å². The van der Waals surface area contributed by atoms with Crippen molar-refractivity contribution in [2.45, 2.75) is 50.1 Å². The van der Waals surface area contributed by atoms with Crippen molar-refractivity contribution in [2.24, 2.45) is 0 Å². The highest BCUT2D eigenvalue weighted by Crippen LogP contribution is 2.37. The van der Waals surface area contributed by atoms with Gasteiger partial charge >= 0.3 is 12.4 Å². The Kier molecular flexibility index (Phi) is 7.44. The number of alkyl halides is 6. The van der Waals surface area contributed by atoms with Gasteiger partial charge in [0.05, 0.1) is 17.7 Å². The summed E-state index contributed by atoms with van der Waals surface area (Å²) >= 11 is 0. The molecule has 0 bridgehead atoms. The first-order valence-electron chi connectivity index (χ1n) is 12.4.